The molecule has 0 aromatic rings. The van der Waals surface area contributed by atoms with E-state index in [2.05, 4.69) is 18.4 Å². The molecule has 86 valence electrons. The second-order valence-electron chi connectivity index (χ2n) is 4.25. The van der Waals surface area contributed by atoms with Gasteiger partial charge in [0.25, 0.3) is 0 Å². The Balaban J connectivity index is 2.44. The monoisotopic (exact) mass is 211 g/mol. The van der Waals surface area contributed by atoms with Crippen molar-refractivity contribution in [3.8, 4) is 0 Å². The van der Waals surface area contributed by atoms with Crippen LogP contribution in [0.5, 0.6) is 0 Å². The van der Waals surface area contributed by atoms with E-state index in [1.54, 1.807) is 0 Å². The van der Waals surface area contributed by atoms with E-state index in [1.807, 2.05) is 13.0 Å². The molecule has 0 aromatic heterocycles. The fourth-order valence-corrected chi connectivity index (χ4v) is 2.25. The average molecular weight is 211 g/mol. The standard InChI is InChI=1S/C12H21NO2/c1-4-6-13-9-10(3)7-11(13)8-12(14)15-5-2/h4,10-11H,1,5-9H2,2-3H3. The second kappa shape index (κ2) is 5.91. The molecule has 15 heavy (non-hydrogen) atoms. The van der Waals surface area contributed by atoms with Crippen molar-refractivity contribution < 1.29 is 9.53 Å². The minimum absolute atomic E-state index is 0.0781. The highest BCUT2D eigenvalue weighted by Gasteiger charge is 2.30. The Labute approximate surface area is 92.1 Å². The molecule has 1 aliphatic rings. The van der Waals surface area contributed by atoms with Gasteiger partial charge in [-0.25, -0.2) is 0 Å². The molecule has 0 N–H and O–H groups in total. The van der Waals surface area contributed by atoms with Gasteiger partial charge in [-0.2, -0.15) is 0 Å². The molecule has 3 heteroatoms. The number of hydrogen-bond acceptors (Lipinski definition) is 3. The van der Waals surface area contributed by atoms with Crippen molar-refractivity contribution in [1.29, 1.82) is 0 Å². The first-order valence-corrected chi connectivity index (χ1v) is 5.68. The molecule has 1 saturated heterocycles. The zero-order valence-electron chi connectivity index (χ0n) is 9.74. The molecule has 0 aliphatic carbocycles. The smallest absolute Gasteiger partial charge is 0.307 e. The van der Waals surface area contributed by atoms with Crippen molar-refractivity contribution in [3.05, 3.63) is 12.7 Å². The van der Waals surface area contributed by atoms with Gasteiger partial charge >= 0.3 is 5.97 Å². The van der Waals surface area contributed by atoms with Crippen LogP contribution in [0.2, 0.25) is 0 Å². The van der Waals surface area contributed by atoms with E-state index >= 15 is 0 Å². The van der Waals surface area contributed by atoms with E-state index in [1.165, 1.54) is 0 Å². The van der Waals surface area contributed by atoms with Gasteiger partial charge in [-0.15, -0.1) is 6.58 Å². The molecule has 0 saturated carbocycles. The first-order valence-electron chi connectivity index (χ1n) is 5.68. The number of esters is 1. The van der Waals surface area contributed by atoms with Gasteiger partial charge in [0.15, 0.2) is 0 Å². The van der Waals surface area contributed by atoms with Gasteiger partial charge in [-0.3, -0.25) is 9.69 Å². The number of rotatable bonds is 5. The highest BCUT2D eigenvalue weighted by molar-refractivity contribution is 5.70. The van der Waals surface area contributed by atoms with E-state index < -0.39 is 0 Å². The van der Waals surface area contributed by atoms with Crippen molar-refractivity contribution in [3.63, 3.8) is 0 Å². The van der Waals surface area contributed by atoms with Crippen molar-refractivity contribution in [2.45, 2.75) is 32.7 Å². The fourth-order valence-electron chi connectivity index (χ4n) is 2.25. The van der Waals surface area contributed by atoms with Crippen LogP contribution in [0.4, 0.5) is 0 Å². The normalized spacial score (nSPS) is 26.5. The molecule has 0 spiro atoms. The third-order valence-electron chi connectivity index (χ3n) is 2.81. The molecule has 2 unspecified atom stereocenters. The predicted molar refractivity (Wildman–Crippen MR) is 60.6 cm³/mol. The molecule has 1 heterocycles. The van der Waals surface area contributed by atoms with Gasteiger partial charge in [0.2, 0.25) is 0 Å². The molecule has 2 atom stereocenters. The summed E-state index contributed by atoms with van der Waals surface area (Å²) in [7, 11) is 0. The maximum absolute atomic E-state index is 11.4. The molecule has 0 amide bonds. The Morgan fingerprint density at radius 1 is 1.67 bits per heavy atom. The van der Waals surface area contributed by atoms with Crippen molar-refractivity contribution in [1.82, 2.24) is 4.90 Å². The third-order valence-corrected chi connectivity index (χ3v) is 2.81. The van der Waals surface area contributed by atoms with Gasteiger partial charge in [-0.1, -0.05) is 13.0 Å². The predicted octanol–water partition coefficient (Wildman–Crippen LogP) is 1.84. The van der Waals surface area contributed by atoms with E-state index in [0.29, 0.717) is 25.0 Å². The van der Waals surface area contributed by atoms with Crippen LogP contribution in [0.15, 0.2) is 12.7 Å². The quantitative estimate of drug-likeness (QED) is 0.513. The molecule has 0 aromatic carbocycles. The summed E-state index contributed by atoms with van der Waals surface area (Å²) in [6.07, 6.45) is 3.51. The average Bonchev–Trinajstić information content (AvgIpc) is 2.47. The molecule has 0 radical (unpaired) electrons. The second-order valence-corrected chi connectivity index (χ2v) is 4.25. The Hall–Kier alpha value is -0.830. The number of hydrogen-bond donors (Lipinski definition) is 0. The van der Waals surface area contributed by atoms with Gasteiger partial charge in [-0.05, 0) is 19.3 Å². The molecule has 1 rings (SSSR count). The minimum atomic E-state index is -0.0781. The molecule has 0 bridgehead atoms. The summed E-state index contributed by atoms with van der Waals surface area (Å²) in [4.78, 5) is 13.7. The Morgan fingerprint density at radius 2 is 2.40 bits per heavy atom. The topological polar surface area (TPSA) is 29.5 Å². The Kier molecular flexibility index (Phi) is 4.82. The molecule has 1 fully saturated rings. The largest absolute Gasteiger partial charge is 0.466 e. The van der Waals surface area contributed by atoms with Gasteiger partial charge in [0, 0.05) is 19.1 Å². The lowest BCUT2D eigenvalue weighted by molar-refractivity contribution is -0.144. The van der Waals surface area contributed by atoms with Crippen molar-refractivity contribution in [2.24, 2.45) is 5.92 Å². The van der Waals surface area contributed by atoms with Crippen molar-refractivity contribution in [2.75, 3.05) is 19.7 Å². The number of carbonyl (C=O) groups is 1. The summed E-state index contributed by atoms with van der Waals surface area (Å²) in [6.45, 7) is 10.2. The van der Waals surface area contributed by atoms with Crippen molar-refractivity contribution >= 4 is 5.97 Å². The minimum Gasteiger partial charge on any atom is -0.466 e. The van der Waals surface area contributed by atoms with E-state index in [4.69, 9.17) is 4.74 Å². The Morgan fingerprint density at radius 3 is 3.00 bits per heavy atom. The number of carbonyl (C=O) groups excluding carboxylic acids is 1. The van der Waals surface area contributed by atoms with Crippen LogP contribution in [0.3, 0.4) is 0 Å². The Bertz CT molecular complexity index is 228. The molecular formula is C12H21NO2. The lowest BCUT2D eigenvalue weighted by Gasteiger charge is -2.21. The zero-order chi connectivity index (χ0) is 11.3. The first kappa shape index (κ1) is 12.2. The summed E-state index contributed by atoms with van der Waals surface area (Å²) >= 11 is 0. The summed E-state index contributed by atoms with van der Waals surface area (Å²) in [6, 6.07) is 0.344. The summed E-state index contributed by atoms with van der Waals surface area (Å²) in [5.74, 6) is 0.593. The molecular weight excluding hydrogens is 190 g/mol. The number of nitrogens with zero attached hydrogens (tertiary/aromatic N) is 1. The van der Waals surface area contributed by atoms with Gasteiger partial charge in [0.05, 0.1) is 13.0 Å². The number of ether oxygens (including phenoxy) is 1. The summed E-state index contributed by atoms with van der Waals surface area (Å²) < 4.78 is 4.97. The SMILES string of the molecule is C=CCN1CC(C)CC1CC(=O)OCC. The van der Waals surface area contributed by atoms with E-state index in [-0.39, 0.29) is 5.97 Å². The van der Waals surface area contributed by atoms with Gasteiger partial charge < -0.3 is 4.74 Å². The van der Waals surface area contributed by atoms with Crippen LogP contribution in [0.25, 0.3) is 0 Å². The van der Waals surface area contributed by atoms with Crippen LogP contribution >= 0.6 is 0 Å². The van der Waals surface area contributed by atoms with Crippen LogP contribution in [0, 0.1) is 5.92 Å². The molecule has 1 aliphatic heterocycles. The maximum atomic E-state index is 11.4. The zero-order valence-corrected chi connectivity index (χ0v) is 9.74. The molecule has 3 nitrogen and oxygen atoms in total. The van der Waals surface area contributed by atoms with E-state index in [0.717, 1.165) is 19.5 Å². The fraction of sp³-hybridized carbons (Fsp3) is 0.750. The van der Waals surface area contributed by atoms with Crippen LogP contribution < -0.4 is 0 Å². The lowest BCUT2D eigenvalue weighted by Crippen LogP contribution is -2.32. The first-order chi connectivity index (χ1) is 7.17. The van der Waals surface area contributed by atoms with E-state index in [9.17, 15) is 4.79 Å². The summed E-state index contributed by atoms with van der Waals surface area (Å²) in [5.41, 5.74) is 0. The number of likely N-dealkylation sites (tertiary alicyclic amines) is 1. The van der Waals surface area contributed by atoms with Crippen LogP contribution in [0.1, 0.15) is 26.7 Å². The van der Waals surface area contributed by atoms with Crippen LogP contribution in [-0.4, -0.2) is 36.6 Å². The maximum Gasteiger partial charge on any atom is 0.307 e. The lowest BCUT2D eigenvalue weighted by atomic mass is 10.1. The highest BCUT2D eigenvalue weighted by atomic mass is 16.5. The van der Waals surface area contributed by atoms with Crippen LogP contribution in [-0.2, 0) is 9.53 Å². The third kappa shape index (κ3) is 3.67. The van der Waals surface area contributed by atoms with Gasteiger partial charge in [0.1, 0.15) is 0 Å². The highest BCUT2D eigenvalue weighted by Crippen LogP contribution is 2.25. The summed E-state index contributed by atoms with van der Waals surface area (Å²) in [5, 5.41) is 0.